The molecule has 0 amide bonds. The highest BCUT2D eigenvalue weighted by molar-refractivity contribution is 7.85. The topological polar surface area (TPSA) is 57.6 Å². The van der Waals surface area contributed by atoms with E-state index in [4.69, 9.17) is 4.55 Å². The monoisotopic (exact) mass is 391 g/mol. The van der Waals surface area contributed by atoms with Crippen molar-refractivity contribution in [3.63, 3.8) is 0 Å². The Balaban J connectivity index is 0.00000110. The minimum absolute atomic E-state index is 0.715. The Morgan fingerprint density at radius 1 is 0.846 bits per heavy atom. The largest absolute Gasteiger partial charge is 0.300 e. The van der Waals surface area contributed by atoms with E-state index in [9.17, 15) is 8.42 Å². The Labute approximate surface area is 163 Å². The van der Waals surface area contributed by atoms with Gasteiger partial charge in [-0.05, 0) is 38.8 Å². The van der Waals surface area contributed by atoms with Crippen LogP contribution in [0.25, 0.3) is 0 Å². The molecular formula is C21H45NO3S. The lowest BCUT2D eigenvalue weighted by Crippen LogP contribution is -2.30. The molecule has 0 bridgehead atoms. The van der Waals surface area contributed by atoms with Crippen molar-refractivity contribution in [2.75, 3.05) is 19.3 Å². The maximum absolute atomic E-state index is 9.19. The summed E-state index contributed by atoms with van der Waals surface area (Å²) in [5.41, 5.74) is 0. The van der Waals surface area contributed by atoms with Crippen LogP contribution in [-0.4, -0.2) is 43.3 Å². The first kappa shape index (κ1) is 25.9. The van der Waals surface area contributed by atoms with Crippen LogP contribution >= 0.6 is 0 Å². The summed E-state index contributed by atoms with van der Waals surface area (Å²) in [4.78, 5) is 2.79. The minimum Gasteiger partial charge on any atom is -0.300 e. The molecule has 0 saturated carbocycles. The first-order valence-electron chi connectivity index (χ1n) is 11.0. The first-order chi connectivity index (χ1) is 12.4. The van der Waals surface area contributed by atoms with Crippen molar-refractivity contribution < 1.29 is 13.0 Å². The van der Waals surface area contributed by atoms with Gasteiger partial charge in [-0.25, -0.2) is 0 Å². The second-order valence-electron chi connectivity index (χ2n) is 7.89. The molecule has 0 aromatic rings. The summed E-state index contributed by atoms with van der Waals surface area (Å²) in [5, 5.41) is 0. The highest BCUT2D eigenvalue weighted by Gasteiger charge is 2.22. The van der Waals surface area contributed by atoms with Crippen molar-refractivity contribution in [1.82, 2.24) is 4.90 Å². The zero-order valence-corrected chi connectivity index (χ0v) is 18.5. The standard InChI is InChI=1S/C20H41N.CH4O3S/c1-3-5-7-8-9-10-11-12-13-14-18-21-19-15-17-20(21)16-6-4-2;1-5(2,3)4/h20H,3-19H2,1-2H3;1H3,(H,2,3,4). The Morgan fingerprint density at radius 2 is 1.31 bits per heavy atom. The molecule has 1 rings (SSSR count). The normalized spacial score (nSPS) is 17.9. The van der Waals surface area contributed by atoms with Crippen molar-refractivity contribution >= 4 is 10.1 Å². The number of hydrogen-bond acceptors (Lipinski definition) is 3. The zero-order valence-electron chi connectivity index (χ0n) is 17.7. The van der Waals surface area contributed by atoms with E-state index in [1.807, 2.05) is 0 Å². The van der Waals surface area contributed by atoms with E-state index in [0.717, 1.165) is 6.04 Å². The summed E-state index contributed by atoms with van der Waals surface area (Å²) < 4.78 is 25.9. The van der Waals surface area contributed by atoms with Crippen LogP contribution in [0.4, 0.5) is 0 Å². The molecule has 0 aromatic heterocycles. The van der Waals surface area contributed by atoms with Gasteiger partial charge in [0.2, 0.25) is 0 Å². The van der Waals surface area contributed by atoms with Crippen LogP contribution in [0, 0.1) is 0 Å². The summed E-state index contributed by atoms with van der Waals surface area (Å²) in [6.45, 7) is 7.38. The van der Waals surface area contributed by atoms with Gasteiger partial charge in [0.25, 0.3) is 10.1 Å². The van der Waals surface area contributed by atoms with Crippen LogP contribution in [0.5, 0.6) is 0 Å². The molecule has 1 aliphatic rings. The summed E-state index contributed by atoms with van der Waals surface area (Å²) in [6, 6.07) is 0.934. The van der Waals surface area contributed by atoms with Gasteiger partial charge in [0, 0.05) is 6.04 Å². The van der Waals surface area contributed by atoms with E-state index in [1.165, 1.54) is 109 Å². The fourth-order valence-corrected chi connectivity index (χ4v) is 3.76. The molecule has 0 aromatic carbocycles. The average Bonchev–Trinajstić information content (AvgIpc) is 3.00. The van der Waals surface area contributed by atoms with Gasteiger partial charge in [-0.15, -0.1) is 0 Å². The molecule has 158 valence electrons. The summed E-state index contributed by atoms with van der Waals surface area (Å²) in [7, 11) is -3.67. The lowest BCUT2D eigenvalue weighted by molar-refractivity contribution is 0.234. The van der Waals surface area contributed by atoms with Crippen molar-refractivity contribution in [2.24, 2.45) is 0 Å². The summed E-state index contributed by atoms with van der Waals surface area (Å²) in [5.74, 6) is 0. The quantitative estimate of drug-likeness (QED) is 0.288. The van der Waals surface area contributed by atoms with Gasteiger partial charge in [0.05, 0.1) is 6.26 Å². The SMILES string of the molecule is CCCCCCCCCCCCN1CCCC1CCCC.CS(=O)(=O)O. The zero-order chi connectivity index (χ0) is 19.7. The predicted molar refractivity (Wildman–Crippen MR) is 113 cm³/mol. The second kappa shape index (κ2) is 17.0. The third-order valence-electron chi connectivity index (χ3n) is 5.19. The van der Waals surface area contributed by atoms with Crippen molar-refractivity contribution in [3.8, 4) is 0 Å². The second-order valence-corrected chi connectivity index (χ2v) is 9.36. The fourth-order valence-electron chi connectivity index (χ4n) is 3.76. The number of likely N-dealkylation sites (tertiary alicyclic amines) is 1. The van der Waals surface area contributed by atoms with E-state index in [-0.39, 0.29) is 0 Å². The Hall–Kier alpha value is -0.130. The van der Waals surface area contributed by atoms with Gasteiger partial charge in [-0.1, -0.05) is 84.5 Å². The minimum atomic E-state index is -3.67. The van der Waals surface area contributed by atoms with Gasteiger partial charge in [-0.3, -0.25) is 4.55 Å². The molecule has 1 atom stereocenters. The molecule has 1 saturated heterocycles. The van der Waals surface area contributed by atoms with Crippen molar-refractivity contribution in [3.05, 3.63) is 0 Å². The number of rotatable bonds is 14. The van der Waals surface area contributed by atoms with Crippen molar-refractivity contribution in [2.45, 2.75) is 116 Å². The highest BCUT2D eigenvalue weighted by Crippen LogP contribution is 2.22. The fraction of sp³-hybridized carbons (Fsp3) is 1.00. The van der Waals surface area contributed by atoms with Crippen LogP contribution in [0.2, 0.25) is 0 Å². The first-order valence-corrected chi connectivity index (χ1v) is 12.9. The molecule has 1 aliphatic heterocycles. The summed E-state index contributed by atoms with van der Waals surface area (Å²) >= 11 is 0. The van der Waals surface area contributed by atoms with E-state index in [1.54, 1.807) is 0 Å². The maximum Gasteiger partial charge on any atom is 0.261 e. The van der Waals surface area contributed by atoms with Gasteiger partial charge >= 0.3 is 0 Å². The lowest BCUT2D eigenvalue weighted by atomic mass is 10.1. The van der Waals surface area contributed by atoms with Gasteiger partial charge < -0.3 is 4.90 Å². The van der Waals surface area contributed by atoms with Gasteiger partial charge in [0.15, 0.2) is 0 Å². The molecule has 5 heteroatoms. The van der Waals surface area contributed by atoms with Crippen LogP contribution < -0.4 is 0 Å². The third kappa shape index (κ3) is 18.7. The molecule has 1 fully saturated rings. The number of hydrogen-bond donors (Lipinski definition) is 1. The molecule has 1 unspecified atom stereocenters. The molecule has 4 nitrogen and oxygen atoms in total. The van der Waals surface area contributed by atoms with Crippen LogP contribution in [0.15, 0.2) is 0 Å². The average molecular weight is 392 g/mol. The third-order valence-corrected chi connectivity index (χ3v) is 5.19. The number of nitrogens with zero attached hydrogens (tertiary/aromatic N) is 1. The predicted octanol–water partition coefficient (Wildman–Crippen LogP) is 6.07. The smallest absolute Gasteiger partial charge is 0.261 e. The van der Waals surface area contributed by atoms with E-state index in [0.29, 0.717) is 6.26 Å². The lowest BCUT2D eigenvalue weighted by Gasteiger charge is -2.24. The molecule has 0 aliphatic carbocycles. The molecule has 26 heavy (non-hydrogen) atoms. The van der Waals surface area contributed by atoms with E-state index >= 15 is 0 Å². The molecule has 0 radical (unpaired) electrons. The van der Waals surface area contributed by atoms with Crippen molar-refractivity contribution in [1.29, 1.82) is 0 Å². The van der Waals surface area contributed by atoms with E-state index < -0.39 is 10.1 Å². The molecule has 0 spiro atoms. The molecule has 1 N–H and O–H groups in total. The Morgan fingerprint density at radius 3 is 1.81 bits per heavy atom. The molecular weight excluding hydrogens is 346 g/mol. The van der Waals surface area contributed by atoms with Crippen LogP contribution in [0.1, 0.15) is 110 Å². The van der Waals surface area contributed by atoms with Crippen LogP contribution in [0.3, 0.4) is 0 Å². The van der Waals surface area contributed by atoms with Gasteiger partial charge in [-0.2, -0.15) is 8.42 Å². The Bertz CT molecular complexity index is 390. The molecule has 1 heterocycles. The Kier molecular flexibility index (Phi) is 16.9. The van der Waals surface area contributed by atoms with Crippen LogP contribution in [-0.2, 0) is 10.1 Å². The summed E-state index contributed by atoms with van der Waals surface area (Å²) in [6.07, 6.45) is 22.4. The highest BCUT2D eigenvalue weighted by atomic mass is 32.2. The van der Waals surface area contributed by atoms with E-state index in [2.05, 4.69) is 18.7 Å². The number of unbranched alkanes of at least 4 members (excludes halogenated alkanes) is 10. The van der Waals surface area contributed by atoms with Gasteiger partial charge in [0.1, 0.15) is 0 Å². The maximum atomic E-state index is 9.19.